The van der Waals surface area contributed by atoms with E-state index < -0.39 is 0 Å². The van der Waals surface area contributed by atoms with Gasteiger partial charge in [-0.1, -0.05) is 0 Å². The van der Waals surface area contributed by atoms with E-state index in [1.807, 2.05) is 41.9 Å². The van der Waals surface area contributed by atoms with Crippen LogP contribution in [0.25, 0.3) is 10.6 Å². The van der Waals surface area contributed by atoms with Gasteiger partial charge in [-0.15, -0.1) is 22.7 Å². The molecule has 0 saturated heterocycles. The Balaban J connectivity index is 1.64. The Morgan fingerprint density at radius 2 is 2.09 bits per heavy atom. The third-order valence-corrected chi connectivity index (χ3v) is 4.61. The highest BCUT2D eigenvalue weighted by atomic mass is 32.1. The molecule has 0 fully saturated rings. The van der Waals surface area contributed by atoms with Crippen molar-refractivity contribution in [1.82, 2.24) is 9.97 Å². The van der Waals surface area contributed by atoms with Gasteiger partial charge in [-0.3, -0.25) is 4.79 Å². The summed E-state index contributed by atoms with van der Waals surface area (Å²) in [5.74, 6) is 0.736. The lowest BCUT2D eigenvalue weighted by Crippen LogP contribution is -2.14. The topological polar surface area (TPSA) is 64.1 Å². The number of carbonyl (C=O) groups excluding carboxylic acids is 1. The van der Waals surface area contributed by atoms with E-state index in [0.717, 1.165) is 22.0 Å². The van der Waals surface area contributed by atoms with Gasteiger partial charge in [-0.25, -0.2) is 9.97 Å². The van der Waals surface area contributed by atoms with Crippen molar-refractivity contribution in [1.29, 1.82) is 0 Å². The quantitative estimate of drug-likeness (QED) is 0.737. The first-order chi connectivity index (χ1) is 11.2. The van der Waals surface area contributed by atoms with Crippen LogP contribution in [0, 0.1) is 0 Å². The van der Waals surface area contributed by atoms with Crippen molar-refractivity contribution in [3.63, 3.8) is 0 Å². The predicted molar refractivity (Wildman–Crippen MR) is 93.2 cm³/mol. The molecule has 0 saturated carbocycles. The first-order valence-corrected chi connectivity index (χ1v) is 8.87. The lowest BCUT2D eigenvalue weighted by Gasteiger charge is -2.03. The van der Waals surface area contributed by atoms with E-state index in [1.165, 1.54) is 22.7 Å². The normalized spacial score (nSPS) is 10.5. The van der Waals surface area contributed by atoms with Crippen LogP contribution in [0.2, 0.25) is 0 Å². The van der Waals surface area contributed by atoms with Crippen LogP contribution in [0.15, 0.2) is 41.2 Å². The lowest BCUT2D eigenvalue weighted by molar-refractivity contribution is -0.115. The van der Waals surface area contributed by atoms with Gasteiger partial charge in [0.05, 0.1) is 18.7 Å². The molecule has 5 nitrogen and oxygen atoms in total. The molecule has 0 aliphatic heterocycles. The first-order valence-electron chi connectivity index (χ1n) is 7.11. The van der Waals surface area contributed by atoms with Gasteiger partial charge in [-0.2, -0.15) is 0 Å². The number of anilines is 1. The van der Waals surface area contributed by atoms with E-state index in [9.17, 15) is 4.79 Å². The molecule has 2 aromatic heterocycles. The molecular formula is C16H15N3O2S2. The average Bonchev–Trinajstić information content (AvgIpc) is 3.20. The Hall–Kier alpha value is -2.25. The lowest BCUT2D eigenvalue weighted by atomic mass is 10.2. The fourth-order valence-electron chi connectivity index (χ4n) is 1.99. The maximum atomic E-state index is 11.9. The number of rotatable bonds is 6. The minimum absolute atomic E-state index is 0.108. The summed E-state index contributed by atoms with van der Waals surface area (Å²) in [7, 11) is 0. The summed E-state index contributed by atoms with van der Waals surface area (Å²) in [6.07, 6.45) is 1.90. The molecular weight excluding hydrogens is 330 g/mol. The highest BCUT2D eigenvalue weighted by Gasteiger charge is 2.10. The third-order valence-electron chi connectivity index (χ3n) is 2.98. The highest BCUT2D eigenvalue weighted by Crippen LogP contribution is 2.26. The molecule has 118 valence electrons. The molecule has 0 atom stereocenters. The van der Waals surface area contributed by atoms with Crippen LogP contribution in [0.3, 0.4) is 0 Å². The van der Waals surface area contributed by atoms with E-state index in [4.69, 9.17) is 4.74 Å². The number of thiazole rings is 2. The van der Waals surface area contributed by atoms with Crippen LogP contribution >= 0.6 is 22.7 Å². The SMILES string of the molecule is CCOc1ccc(-c2nc(CC(=O)Nc3nccs3)cs2)cc1. The van der Waals surface area contributed by atoms with E-state index in [0.29, 0.717) is 11.7 Å². The number of carbonyl (C=O) groups is 1. The van der Waals surface area contributed by atoms with Crippen LogP contribution < -0.4 is 10.1 Å². The molecule has 7 heteroatoms. The summed E-state index contributed by atoms with van der Waals surface area (Å²) in [5.41, 5.74) is 1.78. The molecule has 3 rings (SSSR count). The van der Waals surface area contributed by atoms with E-state index in [2.05, 4.69) is 15.3 Å². The Labute approximate surface area is 142 Å². The number of hydrogen-bond acceptors (Lipinski definition) is 6. The van der Waals surface area contributed by atoms with Gasteiger partial charge < -0.3 is 10.1 Å². The summed E-state index contributed by atoms with van der Waals surface area (Å²) in [6.45, 7) is 2.60. The summed E-state index contributed by atoms with van der Waals surface area (Å²) in [6, 6.07) is 7.80. The second-order valence-electron chi connectivity index (χ2n) is 4.66. The van der Waals surface area contributed by atoms with Crippen molar-refractivity contribution < 1.29 is 9.53 Å². The monoisotopic (exact) mass is 345 g/mol. The summed E-state index contributed by atoms with van der Waals surface area (Å²) in [5, 5.41) is 7.99. The van der Waals surface area contributed by atoms with E-state index in [-0.39, 0.29) is 12.3 Å². The molecule has 3 aromatic rings. The smallest absolute Gasteiger partial charge is 0.232 e. The zero-order chi connectivity index (χ0) is 16.1. The second kappa shape index (κ2) is 7.34. The van der Waals surface area contributed by atoms with E-state index >= 15 is 0 Å². The third kappa shape index (κ3) is 4.14. The fourth-order valence-corrected chi connectivity index (χ4v) is 3.37. The van der Waals surface area contributed by atoms with Gasteiger partial charge in [0.1, 0.15) is 10.8 Å². The Bertz CT molecular complexity index is 767. The zero-order valence-electron chi connectivity index (χ0n) is 12.5. The first kappa shape index (κ1) is 15.6. The van der Waals surface area contributed by atoms with Gasteiger partial charge in [0.25, 0.3) is 0 Å². The van der Waals surface area contributed by atoms with Crippen LogP contribution in [0.4, 0.5) is 5.13 Å². The van der Waals surface area contributed by atoms with Crippen molar-refractivity contribution in [2.75, 3.05) is 11.9 Å². The van der Waals surface area contributed by atoms with Crippen LogP contribution in [-0.4, -0.2) is 22.5 Å². The summed E-state index contributed by atoms with van der Waals surface area (Å²) in [4.78, 5) is 20.5. The number of aromatic nitrogens is 2. The largest absolute Gasteiger partial charge is 0.494 e. The highest BCUT2D eigenvalue weighted by molar-refractivity contribution is 7.13. The average molecular weight is 345 g/mol. The number of ether oxygens (including phenoxy) is 1. The molecule has 1 aromatic carbocycles. The van der Waals surface area contributed by atoms with Crippen molar-refractivity contribution in [2.24, 2.45) is 0 Å². The Morgan fingerprint density at radius 1 is 1.26 bits per heavy atom. The van der Waals surface area contributed by atoms with Gasteiger partial charge in [0, 0.05) is 22.5 Å². The minimum Gasteiger partial charge on any atom is -0.494 e. The predicted octanol–water partition coefficient (Wildman–Crippen LogP) is 3.85. The molecule has 0 bridgehead atoms. The summed E-state index contributed by atoms with van der Waals surface area (Å²) < 4.78 is 5.43. The number of amides is 1. The maximum Gasteiger partial charge on any atom is 0.232 e. The van der Waals surface area contributed by atoms with Gasteiger partial charge in [0.15, 0.2) is 5.13 Å². The Kier molecular flexibility index (Phi) is 4.99. The molecule has 23 heavy (non-hydrogen) atoms. The maximum absolute atomic E-state index is 11.9. The molecule has 1 amide bonds. The van der Waals surface area contributed by atoms with Crippen LogP contribution in [0.1, 0.15) is 12.6 Å². The van der Waals surface area contributed by atoms with Crippen LogP contribution in [-0.2, 0) is 11.2 Å². The van der Waals surface area contributed by atoms with E-state index in [1.54, 1.807) is 6.20 Å². The Morgan fingerprint density at radius 3 is 2.78 bits per heavy atom. The molecule has 0 aliphatic rings. The van der Waals surface area contributed by atoms with Crippen molar-refractivity contribution in [3.8, 4) is 16.3 Å². The summed E-state index contributed by atoms with van der Waals surface area (Å²) >= 11 is 2.92. The van der Waals surface area contributed by atoms with Gasteiger partial charge in [0.2, 0.25) is 5.91 Å². The molecule has 0 spiro atoms. The molecule has 0 radical (unpaired) electrons. The molecule has 0 unspecified atom stereocenters. The number of nitrogens with zero attached hydrogens (tertiary/aromatic N) is 2. The van der Waals surface area contributed by atoms with Gasteiger partial charge >= 0.3 is 0 Å². The molecule has 2 heterocycles. The number of hydrogen-bond donors (Lipinski definition) is 1. The number of benzene rings is 1. The van der Waals surface area contributed by atoms with Crippen molar-refractivity contribution in [3.05, 3.63) is 46.9 Å². The minimum atomic E-state index is -0.108. The van der Waals surface area contributed by atoms with Gasteiger partial charge in [-0.05, 0) is 31.2 Å². The molecule has 1 N–H and O–H groups in total. The second-order valence-corrected chi connectivity index (χ2v) is 6.42. The zero-order valence-corrected chi connectivity index (χ0v) is 14.1. The standard InChI is InChI=1S/C16H15N3O2S2/c1-2-21-13-5-3-11(4-6-13)15-18-12(10-23-15)9-14(20)19-16-17-7-8-22-16/h3-8,10H,2,9H2,1H3,(H,17,19,20). The van der Waals surface area contributed by atoms with Crippen molar-refractivity contribution >= 4 is 33.7 Å². The van der Waals surface area contributed by atoms with Crippen molar-refractivity contribution in [2.45, 2.75) is 13.3 Å². The fraction of sp³-hybridized carbons (Fsp3) is 0.188. The van der Waals surface area contributed by atoms with Crippen LogP contribution in [0.5, 0.6) is 5.75 Å². The number of nitrogens with one attached hydrogen (secondary N) is 1. The molecule has 0 aliphatic carbocycles.